The van der Waals surface area contributed by atoms with Crippen molar-refractivity contribution in [2.24, 2.45) is 0 Å². The number of halogens is 2. The van der Waals surface area contributed by atoms with Crippen LogP contribution in [0.5, 0.6) is 0 Å². The van der Waals surface area contributed by atoms with Gasteiger partial charge in [0.05, 0.1) is 0 Å². The predicted octanol–water partition coefficient (Wildman–Crippen LogP) is 4.81. The fourth-order valence-electron chi connectivity index (χ4n) is 2.51. The summed E-state index contributed by atoms with van der Waals surface area (Å²) in [5.74, 6) is -0.277. The standard InChI is InChI=1S/C18H15ClFNO2/c1-10-6-17-14(8-15(10)19)12(7-18(22)23-17)9-21-16-4-3-13(20)5-11(16)2/h3-8,21H,9H2,1-2H3. The van der Waals surface area contributed by atoms with Crippen LogP contribution in [0.1, 0.15) is 16.7 Å². The molecule has 0 saturated carbocycles. The van der Waals surface area contributed by atoms with Gasteiger partial charge >= 0.3 is 5.63 Å². The van der Waals surface area contributed by atoms with Gasteiger partial charge in [-0.2, -0.15) is 0 Å². The van der Waals surface area contributed by atoms with E-state index in [-0.39, 0.29) is 5.82 Å². The van der Waals surface area contributed by atoms with Gasteiger partial charge in [0.25, 0.3) is 0 Å². The van der Waals surface area contributed by atoms with Gasteiger partial charge in [-0.1, -0.05) is 11.6 Å². The van der Waals surface area contributed by atoms with Crippen molar-refractivity contribution >= 4 is 28.3 Å². The summed E-state index contributed by atoms with van der Waals surface area (Å²) >= 11 is 6.18. The van der Waals surface area contributed by atoms with Crippen LogP contribution in [0.2, 0.25) is 5.02 Å². The molecule has 0 unspecified atom stereocenters. The highest BCUT2D eigenvalue weighted by Gasteiger charge is 2.09. The van der Waals surface area contributed by atoms with Crippen LogP contribution in [-0.2, 0) is 6.54 Å². The van der Waals surface area contributed by atoms with E-state index in [0.29, 0.717) is 17.2 Å². The van der Waals surface area contributed by atoms with Gasteiger partial charge in [-0.15, -0.1) is 0 Å². The van der Waals surface area contributed by atoms with Gasteiger partial charge in [0.2, 0.25) is 0 Å². The zero-order valence-electron chi connectivity index (χ0n) is 12.7. The highest BCUT2D eigenvalue weighted by atomic mass is 35.5. The van der Waals surface area contributed by atoms with Gasteiger partial charge in [-0.05, 0) is 60.9 Å². The molecule has 3 nitrogen and oxygen atoms in total. The molecule has 0 aliphatic heterocycles. The van der Waals surface area contributed by atoms with Crippen LogP contribution in [0.15, 0.2) is 45.6 Å². The molecule has 0 fully saturated rings. The van der Waals surface area contributed by atoms with Gasteiger partial charge < -0.3 is 9.73 Å². The lowest BCUT2D eigenvalue weighted by Gasteiger charge is -2.11. The second-order valence-electron chi connectivity index (χ2n) is 5.50. The smallest absolute Gasteiger partial charge is 0.336 e. The van der Waals surface area contributed by atoms with Crippen molar-refractivity contribution in [1.82, 2.24) is 0 Å². The van der Waals surface area contributed by atoms with E-state index in [2.05, 4.69) is 5.32 Å². The van der Waals surface area contributed by atoms with Crippen molar-refractivity contribution in [3.63, 3.8) is 0 Å². The normalized spacial score (nSPS) is 11.0. The molecule has 3 rings (SSSR count). The third-order valence-corrected chi connectivity index (χ3v) is 4.17. The van der Waals surface area contributed by atoms with Crippen molar-refractivity contribution in [2.45, 2.75) is 20.4 Å². The number of aryl methyl sites for hydroxylation is 2. The number of fused-ring (bicyclic) bond motifs is 1. The van der Waals surface area contributed by atoms with Crippen LogP contribution in [0.25, 0.3) is 11.0 Å². The molecule has 23 heavy (non-hydrogen) atoms. The Morgan fingerprint density at radius 3 is 2.65 bits per heavy atom. The molecule has 118 valence electrons. The van der Waals surface area contributed by atoms with Crippen LogP contribution in [0, 0.1) is 19.7 Å². The van der Waals surface area contributed by atoms with E-state index >= 15 is 0 Å². The lowest BCUT2D eigenvalue weighted by molar-refractivity contribution is 0.559. The molecular formula is C18H15ClFNO2. The molecule has 0 bridgehead atoms. The Balaban J connectivity index is 1.99. The van der Waals surface area contributed by atoms with Crippen LogP contribution in [-0.4, -0.2) is 0 Å². The Bertz CT molecular complexity index is 950. The molecule has 1 aromatic heterocycles. The molecule has 0 saturated heterocycles. The summed E-state index contributed by atoms with van der Waals surface area (Å²) in [5, 5.41) is 4.62. The quantitative estimate of drug-likeness (QED) is 0.700. The molecule has 3 aromatic rings. The van der Waals surface area contributed by atoms with E-state index in [9.17, 15) is 9.18 Å². The largest absolute Gasteiger partial charge is 0.423 e. The monoisotopic (exact) mass is 331 g/mol. The Hall–Kier alpha value is -2.33. The summed E-state index contributed by atoms with van der Waals surface area (Å²) in [5.41, 5.74) is 3.33. The second kappa shape index (κ2) is 6.05. The van der Waals surface area contributed by atoms with E-state index in [0.717, 1.165) is 27.8 Å². The molecule has 5 heteroatoms. The van der Waals surface area contributed by atoms with Crippen molar-refractivity contribution in [3.05, 3.63) is 74.3 Å². The number of benzene rings is 2. The molecule has 0 aliphatic carbocycles. The maximum absolute atomic E-state index is 13.2. The molecule has 1 N–H and O–H groups in total. The minimum Gasteiger partial charge on any atom is -0.423 e. The van der Waals surface area contributed by atoms with E-state index in [4.69, 9.17) is 16.0 Å². The molecule has 1 heterocycles. The summed E-state index contributed by atoms with van der Waals surface area (Å²) in [7, 11) is 0. The van der Waals surface area contributed by atoms with E-state index < -0.39 is 5.63 Å². The maximum Gasteiger partial charge on any atom is 0.336 e. The van der Waals surface area contributed by atoms with E-state index in [1.807, 2.05) is 13.8 Å². The average molecular weight is 332 g/mol. The first-order valence-electron chi connectivity index (χ1n) is 7.17. The Kier molecular flexibility index (Phi) is 4.09. The number of nitrogens with one attached hydrogen (secondary N) is 1. The van der Waals surface area contributed by atoms with E-state index in [1.165, 1.54) is 18.2 Å². The molecule has 0 aliphatic rings. The molecule has 0 atom stereocenters. The number of anilines is 1. The van der Waals surface area contributed by atoms with Crippen molar-refractivity contribution < 1.29 is 8.81 Å². The minimum absolute atomic E-state index is 0.277. The minimum atomic E-state index is -0.410. The molecule has 2 aromatic carbocycles. The predicted molar refractivity (Wildman–Crippen MR) is 90.7 cm³/mol. The average Bonchev–Trinajstić information content (AvgIpc) is 2.48. The summed E-state index contributed by atoms with van der Waals surface area (Å²) in [4.78, 5) is 11.7. The lowest BCUT2D eigenvalue weighted by atomic mass is 10.1. The number of hydrogen-bond acceptors (Lipinski definition) is 3. The summed E-state index contributed by atoms with van der Waals surface area (Å²) in [6.45, 7) is 4.09. The second-order valence-corrected chi connectivity index (χ2v) is 5.91. The van der Waals surface area contributed by atoms with Gasteiger partial charge in [0, 0.05) is 28.7 Å². The molecule has 0 radical (unpaired) electrons. The van der Waals surface area contributed by atoms with Crippen molar-refractivity contribution in [2.75, 3.05) is 5.32 Å². The van der Waals surface area contributed by atoms with Crippen LogP contribution >= 0.6 is 11.6 Å². The van der Waals surface area contributed by atoms with Crippen LogP contribution < -0.4 is 10.9 Å². The Labute approximate surface area is 137 Å². The molecule has 0 spiro atoms. The highest BCUT2D eigenvalue weighted by molar-refractivity contribution is 6.32. The van der Waals surface area contributed by atoms with E-state index in [1.54, 1.807) is 18.2 Å². The highest BCUT2D eigenvalue weighted by Crippen LogP contribution is 2.26. The molecular weight excluding hydrogens is 317 g/mol. The number of hydrogen-bond donors (Lipinski definition) is 1. The summed E-state index contributed by atoms with van der Waals surface area (Å²) in [6.07, 6.45) is 0. The van der Waals surface area contributed by atoms with Crippen LogP contribution in [0.4, 0.5) is 10.1 Å². The first-order chi connectivity index (χ1) is 10.9. The zero-order valence-corrected chi connectivity index (χ0v) is 13.5. The lowest BCUT2D eigenvalue weighted by Crippen LogP contribution is -2.06. The van der Waals surface area contributed by atoms with Gasteiger partial charge in [-0.25, -0.2) is 9.18 Å². The molecule has 0 amide bonds. The topological polar surface area (TPSA) is 42.2 Å². The first-order valence-corrected chi connectivity index (χ1v) is 7.55. The van der Waals surface area contributed by atoms with Crippen LogP contribution in [0.3, 0.4) is 0 Å². The Morgan fingerprint density at radius 1 is 1.13 bits per heavy atom. The maximum atomic E-state index is 13.2. The van der Waals surface area contributed by atoms with Crippen molar-refractivity contribution in [1.29, 1.82) is 0 Å². The zero-order chi connectivity index (χ0) is 16.6. The van der Waals surface area contributed by atoms with Gasteiger partial charge in [0.1, 0.15) is 11.4 Å². The third kappa shape index (κ3) is 3.22. The fourth-order valence-corrected chi connectivity index (χ4v) is 2.67. The summed E-state index contributed by atoms with van der Waals surface area (Å²) in [6, 6.07) is 9.53. The third-order valence-electron chi connectivity index (χ3n) is 3.77. The Morgan fingerprint density at radius 2 is 1.91 bits per heavy atom. The van der Waals surface area contributed by atoms with Gasteiger partial charge in [-0.3, -0.25) is 0 Å². The van der Waals surface area contributed by atoms with Crippen molar-refractivity contribution in [3.8, 4) is 0 Å². The fraction of sp³-hybridized carbons (Fsp3) is 0.167. The number of rotatable bonds is 3. The van der Waals surface area contributed by atoms with Gasteiger partial charge in [0.15, 0.2) is 0 Å². The first kappa shape index (κ1) is 15.6. The summed E-state index contributed by atoms with van der Waals surface area (Å²) < 4.78 is 18.4. The SMILES string of the molecule is Cc1cc2oc(=O)cc(CNc3ccc(F)cc3C)c2cc1Cl.